The molecular weight excluding hydrogens is 278 g/mol. The van der Waals surface area contributed by atoms with Gasteiger partial charge in [0.2, 0.25) is 0 Å². The van der Waals surface area contributed by atoms with Crippen LogP contribution < -0.4 is 11.0 Å². The Morgan fingerprint density at radius 1 is 1.45 bits per heavy atom. The molecule has 0 atom stereocenters. The minimum Gasteiger partial charge on any atom is -0.372 e. The second kappa shape index (κ2) is 4.97. The lowest BCUT2D eigenvalue weighted by Gasteiger charge is -2.11. The summed E-state index contributed by atoms with van der Waals surface area (Å²) < 4.78 is 1.55. The lowest BCUT2D eigenvalue weighted by molar-refractivity contribution is 0.748. The highest BCUT2D eigenvalue weighted by molar-refractivity contribution is 6.31. The summed E-state index contributed by atoms with van der Waals surface area (Å²) in [4.78, 5) is 23.2. The zero-order valence-corrected chi connectivity index (χ0v) is 11.5. The summed E-state index contributed by atoms with van der Waals surface area (Å²) in [6, 6.07) is 5.38. The molecule has 102 valence electrons. The number of benzene rings is 1. The Labute approximate surface area is 119 Å². The van der Waals surface area contributed by atoms with Gasteiger partial charge in [0.25, 0.3) is 0 Å². The van der Waals surface area contributed by atoms with Gasteiger partial charge in [-0.1, -0.05) is 11.6 Å². The maximum absolute atomic E-state index is 12.2. The molecule has 3 rings (SSSR count). The Bertz CT molecular complexity index is 809. The highest BCUT2D eigenvalue weighted by Gasteiger charge is 2.11. The van der Waals surface area contributed by atoms with E-state index in [4.69, 9.17) is 11.6 Å². The molecule has 7 heteroatoms. The van der Waals surface area contributed by atoms with Gasteiger partial charge >= 0.3 is 5.69 Å². The summed E-state index contributed by atoms with van der Waals surface area (Å²) >= 11 is 6.04. The second-order valence-electron chi connectivity index (χ2n) is 4.30. The largest absolute Gasteiger partial charge is 0.372 e. The van der Waals surface area contributed by atoms with E-state index in [0.29, 0.717) is 17.4 Å². The molecule has 1 aromatic carbocycles. The molecule has 2 heterocycles. The number of anilines is 1. The number of rotatable bonds is 3. The molecule has 0 bridgehead atoms. The van der Waals surface area contributed by atoms with Crippen LogP contribution in [0.3, 0.4) is 0 Å². The first-order chi connectivity index (χ1) is 9.69. The van der Waals surface area contributed by atoms with Crippen molar-refractivity contribution in [2.45, 2.75) is 6.54 Å². The van der Waals surface area contributed by atoms with Crippen LogP contribution in [0.25, 0.3) is 10.9 Å². The van der Waals surface area contributed by atoms with Crippen LogP contribution in [-0.4, -0.2) is 26.6 Å². The monoisotopic (exact) mass is 289 g/mol. The van der Waals surface area contributed by atoms with Gasteiger partial charge in [-0.3, -0.25) is 4.57 Å². The Hall–Kier alpha value is -2.34. The minimum atomic E-state index is -0.341. The van der Waals surface area contributed by atoms with Gasteiger partial charge in [0, 0.05) is 23.7 Å². The van der Waals surface area contributed by atoms with E-state index < -0.39 is 0 Å². The summed E-state index contributed by atoms with van der Waals surface area (Å²) in [6.07, 6.45) is 3.32. The molecule has 0 aliphatic heterocycles. The van der Waals surface area contributed by atoms with Crippen LogP contribution in [0, 0.1) is 0 Å². The fourth-order valence-corrected chi connectivity index (χ4v) is 2.30. The maximum Gasteiger partial charge on any atom is 0.350 e. The topological polar surface area (TPSA) is 75.6 Å². The summed E-state index contributed by atoms with van der Waals surface area (Å²) in [5.41, 5.74) is 1.14. The van der Waals surface area contributed by atoms with E-state index in [1.807, 2.05) is 6.07 Å². The third kappa shape index (κ3) is 2.14. The van der Waals surface area contributed by atoms with Gasteiger partial charge in [-0.25, -0.2) is 9.78 Å². The predicted octanol–water partition coefficient (Wildman–Crippen LogP) is 1.86. The number of nitrogens with one attached hydrogen (secondary N) is 2. The van der Waals surface area contributed by atoms with Gasteiger partial charge in [0.05, 0.1) is 24.1 Å². The molecule has 0 unspecified atom stereocenters. The Morgan fingerprint density at radius 3 is 3.00 bits per heavy atom. The highest BCUT2D eigenvalue weighted by Crippen LogP contribution is 2.23. The summed E-state index contributed by atoms with van der Waals surface area (Å²) in [5, 5.41) is 4.34. The third-order valence-electron chi connectivity index (χ3n) is 3.06. The number of H-pyrrole nitrogens is 1. The second-order valence-corrected chi connectivity index (χ2v) is 4.74. The van der Waals surface area contributed by atoms with E-state index in [-0.39, 0.29) is 5.69 Å². The van der Waals surface area contributed by atoms with Crippen molar-refractivity contribution < 1.29 is 0 Å². The standard InChI is InChI=1S/C13H12ClN5O/c1-15-12-10-3-2-8(14)4-11(10)19(13(20)18-12)6-9-5-16-7-17-9/h2-5,7H,6H2,1H3,(H,16,17)(H,15,18,20). The fourth-order valence-electron chi connectivity index (χ4n) is 2.13. The Balaban J connectivity index is 2.27. The quantitative estimate of drug-likeness (QED) is 0.772. The van der Waals surface area contributed by atoms with Crippen molar-refractivity contribution in [2.24, 2.45) is 0 Å². The molecule has 0 radical (unpaired) electrons. The van der Waals surface area contributed by atoms with Crippen LogP contribution in [0.5, 0.6) is 0 Å². The SMILES string of the molecule is CNc1nc(=O)n(Cc2c[nH]cn2)c2cc(Cl)ccc12. The Kier molecular flexibility index (Phi) is 3.15. The lowest BCUT2D eigenvalue weighted by atomic mass is 10.2. The van der Waals surface area contributed by atoms with E-state index in [1.165, 1.54) is 0 Å². The van der Waals surface area contributed by atoms with Gasteiger partial charge in [0.1, 0.15) is 5.82 Å². The number of nitrogens with zero attached hydrogens (tertiary/aromatic N) is 3. The number of imidazole rings is 1. The van der Waals surface area contributed by atoms with Gasteiger partial charge in [0.15, 0.2) is 0 Å². The summed E-state index contributed by atoms with van der Waals surface area (Å²) in [6.45, 7) is 0.343. The minimum absolute atomic E-state index is 0.341. The van der Waals surface area contributed by atoms with Crippen molar-refractivity contribution in [3.8, 4) is 0 Å². The first kappa shape index (κ1) is 12.7. The number of aromatic amines is 1. The molecule has 20 heavy (non-hydrogen) atoms. The van der Waals surface area contributed by atoms with E-state index in [9.17, 15) is 4.79 Å². The van der Waals surface area contributed by atoms with Crippen molar-refractivity contribution in [1.82, 2.24) is 19.5 Å². The van der Waals surface area contributed by atoms with Crippen molar-refractivity contribution in [3.05, 3.63) is 51.9 Å². The van der Waals surface area contributed by atoms with E-state index in [1.54, 1.807) is 36.3 Å². The molecule has 0 aliphatic rings. The van der Waals surface area contributed by atoms with Crippen LogP contribution in [0.1, 0.15) is 5.69 Å². The van der Waals surface area contributed by atoms with Gasteiger partial charge < -0.3 is 10.3 Å². The summed E-state index contributed by atoms with van der Waals surface area (Å²) in [7, 11) is 1.73. The number of aromatic nitrogens is 4. The average Bonchev–Trinajstić information content (AvgIpc) is 2.94. The van der Waals surface area contributed by atoms with Crippen LogP contribution in [0.4, 0.5) is 5.82 Å². The number of hydrogen-bond donors (Lipinski definition) is 2. The van der Waals surface area contributed by atoms with Gasteiger partial charge in [-0.15, -0.1) is 0 Å². The molecule has 6 nitrogen and oxygen atoms in total. The average molecular weight is 290 g/mol. The fraction of sp³-hybridized carbons (Fsp3) is 0.154. The molecule has 2 N–H and O–H groups in total. The van der Waals surface area contributed by atoms with Gasteiger partial charge in [-0.2, -0.15) is 4.98 Å². The van der Waals surface area contributed by atoms with Crippen LogP contribution in [0.15, 0.2) is 35.5 Å². The van der Waals surface area contributed by atoms with Crippen LogP contribution in [0.2, 0.25) is 5.02 Å². The highest BCUT2D eigenvalue weighted by atomic mass is 35.5. The molecule has 0 amide bonds. The molecule has 0 aliphatic carbocycles. The molecule has 0 saturated heterocycles. The molecule has 0 fully saturated rings. The van der Waals surface area contributed by atoms with E-state index in [2.05, 4.69) is 20.3 Å². The van der Waals surface area contributed by atoms with E-state index >= 15 is 0 Å². The van der Waals surface area contributed by atoms with Crippen LogP contribution in [-0.2, 0) is 6.54 Å². The van der Waals surface area contributed by atoms with Crippen LogP contribution >= 0.6 is 11.6 Å². The Morgan fingerprint density at radius 2 is 2.30 bits per heavy atom. The normalized spacial score (nSPS) is 10.9. The maximum atomic E-state index is 12.2. The predicted molar refractivity (Wildman–Crippen MR) is 78.2 cm³/mol. The molecule has 0 saturated carbocycles. The molecule has 2 aromatic heterocycles. The summed E-state index contributed by atoms with van der Waals surface area (Å²) in [5.74, 6) is 0.542. The zero-order chi connectivity index (χ0) is 14.1. The zero-order valence-electron chi connectivity index (χ0n) is 10.7. The van der Waals surface area contributed by atoms with E-state index in [0.717, 1.165) is 16.6 Å². The smallest absolute Gasteiger partial charge is 0.350 e. The number of halogens is 1. The first-order valence-electron chi connectivity index (χ1n) is 6.04. The van der Waals surface area contributed by atoms with Crippen molar-refractivity contribution in [1.29, 1.82) is 0 Å². The number of fused-ring (bicyclic) bond motifs is 1. The molecular formula is C13H12ClN5O. The number of hydrogen-bond acceptors (Lipinski definition) is 4. The third-order valence-corrected chi connectivity index (χ3v) is 3.29. The van der Waals surface area contributed by atoms with Gasteiger partial charge in [-0.05, 0) is 18.2 Å². The van der Waals surface area contributed by atoms with Crippen molar-refractivity contribution >= 4 is 28.3 Å². The van der Waals surface area contributed by atoms with Crippen molar-refractivity contribution in [3.63, 3.8) is 0 Å². The van der Waals surface area contributed by atoms with Crippen molar-refractivity contribution in [2.75, 3.05) is 12.4 Å². The first-order valence-corrected chi connectivity index (χ1v) is 6.42. The molecule has 0 spiro atoms. The lowest BCUT2D eigenvalue weighted by Crippen LogP contribution is -2.25. The molecule has 3 aromatic rings.